The molecule has 0 aromatic heterocycles. The molecule has 1 fully saturated rings. The summed E-state index contributed by atoms with van der Waals surface area (Å²) in [6, 6.07) is 7.82. The van der Waals surface area contributed by atoms with E-state index in [1.54, 1.807) is 7.11 Å². The molecular formula is C16H24N2O2. The molecule has 4 nitrogen and oxygen atoms in total. The number of benzene rings is 1. The SMILES string of the molecule is CCC(NC(=O)[C@@H]1CCCCN1)c1ccccc1OC. The highest BCUT2D eigenvalue weighted by molar-refractivity contribution is 5.82. The summed E-state index contributed by atoms with van der Waals surface area (Å²) in [5.74, 6) is 0.929. The van der Waals surface area contributed by atoms with Gasteiger partial charge in [0.15, 0.2) is 0 Å². The Balaban J connectivity index is 2.06. The Labute approximate surface area is 120 Å². The molecule has 0 radical (unpaired) electrons. The fraction of sp³-hybridized carbons (Fsp3) is 0.562. The standard InChI is InChI=1S/C16H24N2O2/c1-3-13(12-8-4-5-10-15(12)20-2)18-16(19)14-9-6-7-11-17-14/h4-5,8,10,13-14,17H,3,6-7,9,11H2,1-2H3,(H,18,19)/t13?,14-/m0/s1. The highest BCUT2D eigenvalue weighted by atomic mass is 16.5. The van der Waals surface area contributed by atoms with Crippen molar-refractivity contribution >= 4 is 5.91 Å². The summed E-state index contributed by atoms with van der Waals surface area (Å²) in [6.07, 6.45) is 4.05. The fourth-order valence-electron chi connectivity index (χ4n) is 2.70. The normalized spacial score (nSPS) is 20.2. The molecule has 110 valence electrons. The maximum Gasteiger partial charge on any atom is 0.237 e. The Morgan fingerprint density at radius 3 is 2.90 bits per heavy atom. The lowest BCUT2D eigenvalue weighted by Gasteiger charge is -2.26. The van der Waals surface area contributed by atoms with Crippen molar-refractivity contribution in [3.63, 3.8) is 0 Å². The van der Waals surface area contributed by atoms with Crippen LogP contribution in [0.15, 0.2) is 24.3 Å². The number of hydrogen-bond donors (Lipinski definition) is 2. The summed E-state index contributed by atoms with van der Waals surface area (Å²) in [4.78, 5) is 12.3. The number of nitrogens with one attached hydrogen (secondary N) is 2. The number of carbonyl (C=O) groups is 1. The Morgan fingerprint density at radius 2 is 2.25 bits per heavy atom. The lowest BCUT2D eigenvalue weighted by Crippen LogP contribution is -2.47. The summed E-state index contributed by atoms with van der Waals surface area (Å²) in [7, 11) is 1.66. The lowest BCUT2D eigenvalue weighted by molar-refractivity contribution is -0.124. The highest BCUT2D eigenvalue weighted by Gasteiger charge is 2.24. The van der Waals surface area contributed by atoms with Crippen LogP contribution in [0.4, 0.5) is 0 Å². The molecule has 2 atom stereocenters. The van der Waals surface area contributed by atoms with E-state index in [-0.39, 0.29) is 18.0 Å². The van der Waals surface area contributed by atoms with Crippen LogP contribution in [-0.2, 0) is 4.79 Å². The van der Waals surface area contributed by atoms with Crippen LogP contribution in [0.5, 0.6) is 5.75 Å². The van der Waals surface area contributed by atoms with E-state index in [0.717, 1.165) is 43.5 Å². The first kappa shape index (κ1) is 14.9. The van der Waals surface area contributed by atoms with Crippen LogP contribution in [0.25, 0.3) is 0 Å². The van der Waals surface area contributed by atoms with Crippen molar-refractivity contribution in [3.05, 3.63) is 29.8 Å². The van der Waals surface area contributed by atoms with Gasteiger partial charge in [-0.2, -0.15) is 0 Å². The van der Waals surface area contributed by atoms with Crippen LogP contribution in [0.1, 0.15) is 44.2 Å². The Morgan fingerprint density at radius 1 is 1.45 bits per heavy atom. The van der Waals surface area contributed by atoms with Gasteiger partial charge in [0.2, 0.25) is 5.91 Å². The van der Waals surface area contributed by atoms with Gasteiger partial charge in [-0.25, -0.2) is 0 Å². The fourth-order valence-corrected chi connectivity index (χ4v) is 2.70. The van der Waals surface area contributed by atoms with Gasteiger partial charge in [0, 0.05) is 5.56 Å². The molecule has 1 saturated heterocycles. The van der Waals surface area contributed by atoms with E-state index in [2.05, 4.69) is 17.6 Å². The molecule has 1 aromatic rings. The molecule has 1 heterocycles. The van der Waals surface area contributed by atoms with E-state index in [1.165, 1.54) is 0 Å². The second-order valence-electron chi connectivity index (χ2n) is 5.21. The Kier molecular flexibility index (Phi) is 5.41. The minimum absolute atomic E-state index is 0.00220. The summed E-state index contributed by atoms with van der Waals surface area (Å²) < 4.78 is 5.39. The quantitative estimate of drug-likeness (QED) is 0.868. The van der Waals surface area contributed by atoms with Crippen LogP contribution in [0, 0.1) is 0 Å². The average molecular weight is 276 g/mol. The zero-order valence-electron chi connectivity index (χ0n) is 12.3. The first-order valence-electron chi connectivity index (χ1n) is 7.43. The summed E-state index contributed by atoms with van der Waals surface area (Å²) in [6.45, 7) is 3.01. The monoisotopic (exact) mass is 276 g/mol. The van der Waals surface area contributed by atoms with Gasteiger partial charge in [-0.15, -0.1) is 0 Å². The van der Waals surface area contributed by atoms with Crippen LogP contribution < -0.4 is 15.4 Å². The molecule has 2 rings (SSSR count). The second kappa shape index (κ2) is 7.29. The largest absolute Gasteiger partial charge is 0.496 e. The minimum Gasteiger partial charge on any atom is -0.496 e. The third-order valence-electron chi connectivity index (χ3n) is 3.87. The van der Waals surface area contributed by atoms with Crippen molar-refractivity contribution in [2.75, 3.05) is 13.7 Å². The Hall–Kier alpha value is -1.55. The smallest absolute Gasteiger partial charge is 0.237 e. The van der Waals surface area contributed by atoms with E-state index in [1.807, 2.05) is 24.3 Å². The van der Waals surface area contributed by atoms with E-state index >= 15 is 0 Å². The molecule has 1 aliphatic rings. The van der Waals surface area contributed by atoms with Crippen molar-refractivity contribution in [2.24, 2.45) is 0 Å². The van der Waals surface area contributed by atoms with Crippen molar-refractivity contribution in [1.82, 2.24) is 10.6 Å². The average Bonchev–Trinajstić information content (AvgIpc) is 2.53. The number of ether oxygens (including phenoxy) is 1. The third-order valence-corrected chi connectivity index (χ3v) is 3.87. The van der Waals surface area contributed by atoms with Gasteiger partial charge in [-0.05, 0) is 31.9 Å². The molecule has 0 spiro atoms. The van der Waals surface area contributed by atoms with E-state index in [0.29, 0.717) is 0 Å². The second-order valence-corrected chi connectivity index (χ2v) is 5.21. The van der Waals surface area contributed by atoms with Gasteiger partial charge in [-0.1, -0.05) is 31.5 Å². The summed E-state index contributed by atoms with van der Waals surface area (Å²) in [5.41, 5.74) is 1.04. The van der Waals surface area contributed by atoms with Crippen molar-refractivity contribution in [1.29, 1.82) is 0 Å². The van der Waals surface area contributed by atoms with Gasteiger partial charge in [0.25, 0.3) is 0 Å². The minimum atomic E-state index is -0.0486. The van der Waals surface area contributed by atoms with Gasteiger partial charge in [-0.3, -0.25) is 4.79 Å². The zero-order chi connectivity index (χ0) is 14.4. The number of piperidine rings is 1. The number of carbonyl (C=O) groups excluding carboxylic acids is 1. The maximum atomic E-state index is 12.3. The molecule has 20 heavy (non-hydrogen) atoms. The van der Waals surface area contributed by atoms with Crippen molar-refractivity contribution in [2.45, 2.75) is 44.7 Å². The van der Waals surface area contributed by atoms with Gasteiger partial charge in [0.05, 0.1) is 19.2 Å². The van der Waals surface area contributed by atoms with E-state index < -0.39 is 0 Å². The Bertz CT molecular complexity index is 442. The molecule has 0 saturated carbocycles. The molecule has 0 bridgehead atoms. The predicted octanol–water partition coefficient (Wildman–Crippen LogP) is 2.40. The van der Waals surface area contributed by atoms with Crippen LogP contribution >= 0.6 is 0 Å². The van der Waals surface area contributed by atoms with Crippen molar-refractivity contribution < 1.29 is 9.53 Å². The van der Waals surface area contributed by atoms with E-state index in [9.17, 15) is 4.79 Å². The first-order chi connectivity index (χ1) is 9.76. The zero-order valence-corrected chi connectivity index (χ0v) is 12.3. The van der Waals surface area contributed by atoms with Crippen LogP contribution in [-0.4, -0.2) is 25.6 Å². The van der Waals surface area contributed by atoms with Gasteiger partial charge < -0.3 is 15.4 Å². The predicted molar refractivity (Wildman–Crippen MR) is 79.8 cm³/mol. The summed E-state index contributed by atoms with van der Waals surface area (Å²) in [5, 5.41) is 6.43. The van der Waals surface area contributed by atoms with Crippen LogP contribution in [0.2, 0.25) is 0 Å². The number of para-hydroxylation sites is 1. The molecule has 1 aliphatic heterocycles. The van der Waals surface area contributed by atoms with E-state index in [4.69, 9.17) is 4.74 Å². The molecule has 1 amide bonds. The molecule has 0 aliphatic carbocycles. The lowest BCUT2D eigenvalue weighted by atomic mass is 10.0. The highest BCUT2D eigenvalue weighted by Crippen LogP contribution is 2.27. The topological polar surface area (TPSA) is 50.4 Å². The van der Waals surface area contributed by atoms with Crippen LogP contribution in [0.3, 0.4) is 0 Å². The molecule has 1 aromatic carbocycles. The van der Waals surface area contributed by atoms with Gasteiger partial charge in [0.1, 0.15) is 5.75 Å². The molecular weight excluding hydrogens is 252 g/mol. The molecule has 1 unspecified atom stereocenters. The number of methoxy groups -OCH3 is 1. The summed E-state index contributed by atoms with van der Waals surface area (Å²) >= 11 is 0. The van der Waals surface area contributed by atoms with Gasteiger partial charge >= 0.3 is 0 Å². The molecule has 2 N–H and O–H groups in total. The number of amides is 1. The number of rotatable bonds is 5. The first-order valence-corrected chi connectivity index (χ1v) is 7.43. The third kappa shape index (κ3) is 3.51. The number of hydrogen-bond acceptors (Lipinski definition) is 3. The van der Waals surface area contributed by atoms with Crippen molar-refractivity contribution in [3.8, 4) is 5.75 Å². The molecule has 4 heteroatoms. The maximum absolute atomic E-state index is 12.3.